The molecule has 0 spiro atoms. The summed E-state index contributed by atoms with van der Waals surface area (Å²) in [4.78, 5) is 3.65. The highest BCUT2D eigenvalue weighted by Gasteiger charge is 2.16. The van der Waals surface area contributed by atoms with Crippen molar-refractivity contribution in [3.05, 3.63) is 54.1 Å². The third-order valence-electron chi connectivity index (χ3n) is 6.60. The van der Waals surface area contributed by atoms with Crippen molar-refractivity contribution in [1.82, 2.24) is 4.98 Å². The number of fused-ring (bicyclic) bond motifs is 1. The lowest BCUT2D eigenvalue weighted by Gasteiger charge is -2.24. The molecule has 3 aromatic rings. The molecule has 4 rings (SSSR count). The first-order valence-corrected chi connectivity index (χ1v) is 12.5. The van der Waals surface area contributed by atoms with E-state index in [1.165, 1.54) is 29.4 Å². The standard InChI is InChI=1S/C28H38N2O3/c1-3-21(4-2)19-32-14-15-33-20-22-16-24-18-26(23-8-6-5-7-9-23)30-28(24)27(17-22)29-25-10-12-31-13-11-25/h5-9,16-18,21,25,29-30H,3-4,10-15,19-20H2,1-2H3. The number of benzene rings is 2. The molecule has 1 aliphatic heterocycles. The number of hydrogen-bond donors (Lipinski definition) is 2. The van der Waals surface area contributed by atoms with Crippen molar-refractivity contribution in [2.45, 2.75) is 52.2 Å². The van der Waals surface area contributed by atoms with Gasteiger partial charge in [-0.15, -0.1) is 0 Å². The van der Waals surface area contributed by atoms with E-state index in [4.69, 9.17) is 14.2 Å². The number of ether oxygens (including phenoxy) is 3. The van der Waals surface area contributed by atoms with Crippen LogP contribution >= 0.6 is 0 Å². The molecule has 33 heavy (non-hydrogen) atoms. The van der Waals surface area contributed by atoms with E-state index in [0.29, 0.717) is 31.8 Å². The molecule has 178 valence electrons. The van der Waals surface area contributed by atoms with Crippen LogP contribution in [0.1, 0.15) is 45.1 Å². The van der Waals surface area contributed by atoms with Crippen molar-refractivity contribution in [3.63, 3.8) is 0 Å². The molecule has 1 aromatic heterocycles. The van der Waals surface area contributed by atoms with Crippen molar-refractivity contribution >= 4 is 16.6 Å². The van der Waals surface area contributed by atoms with Crippen LogP contribution in [0.2, 0.25) is 0 Å². The van der Waals surface area contributed by atoms with Gasteiger partial charge in [-0.25, -0.2) is 0 Å². The maximum atomic E-state index is 5.97. The maximum absolute atomic E-state index is 5.97. The number of hydrogen-bond acceptors (Lipinski definition) is 4. The van der Waals surface area contributed by atoms with E-state index in [0.717, 1.165) is 49.6 Å². The van der Waals surface area contributed by atoms with E-state index >= 15 is 0 Å². The largest absolute Gasteiger partial charge is 0.381 e. The van der Waals surface area contributed by atoms with Gasteiger partial charge in [0.1, 0.15) is 0 Å². The molecule has 0 aliphatic carbocycles. The second-order valence-corrected chi connectivity index (χ2v) is 9.00. The van der Waals surface area contributed by atoms with Gasteiger partial charge in [-0.1, -0.05) is 57.0 Å². The summed E-state index contributed by atoms with van der Waals surface area (Å²) >= 11 is 0. The Bertz CT molecular complexity index is 975. The van der Waals surface area contributed by atoms with Gasteiger partial charge in [0.2, 0.25) is 0 Å². The molecule has 0 unspecified atom stereocenters. The Kier molecular flexibility index (Phi) is 8.81. The number of H-pyrrole nitrogens is 1. The fourth-order valence-corrected chi connectivity index (χ4v) is 4.42. The van der Waals surface area contributed by atoms with Gasteiger partial charge in [0.25, 0.3) is 0 Å². The second-order valence-electron chi connectivity index (χ2n) is 9.00. The molecule has 5 heteroatoms. The lowest BCUT2D eigenvalue weighted by Crippen LogP contribution is -2.28. The van der Waals surface area contributed by atoms with Crippen LogP contribution in [0.4, 0.5) is 5.69 Å². The summed E-state index contributed by atoms with van der Waals surface area (Å²) in [6, 6.07) is 17.6. The predicted octanol–water partition coefficient (Wildman–Crippen LogP) is 6.40. The van der Waals surface area contributed by atoms with Crippen molar-refractivity contribution < 1.29 is 14.2 Å². The van der Waals surface area contributed by atoms with Crippen LogP contribution < -0.4 is 5.32 Å². The third kappa shape index (κ3) is 6.59. The smallest absolute Gasteiger partial charge is 0.0719 e. The van der Waals surface area contributed by atoms with E-state index < -0.39 is 0 Å². The normalized spacial score (nSPS) is 14.9. The highest BCUT2D eigenvalue weighted by molar-refractivity contribution is 5.95. The number of nitrogens with one attached hydrogen (secondary N) is 2. The molecule has 1 fully saturated rings. The van der Waals surface area contributed by atoms with Gasteiger partial charge in [-0.05, 0) is 48.1 Å². The summed E-state index contributed by atoms with van der Waals surface area (Å²) in [5, 5.41) is 4.98. The Morgan fingerprint density at radius 3 is 2.52 bits per heavy atom. The monoisotopic (exact) mass is 450 g/mol. The summed E-state index contributed by atoms with van der Waals surface area (Å²) in [5.74, 6) is 0.652. The van der Waals surface area contributed by atoms with E-state index in [2.05, 4.69) is 66.6 Å². The zero-order valence-electron chi connectivity index (χ0n) is 20.1. The molecule has 0 saturated carbocycles. The molecule has 1 saturated heterocycles. The average molecular weight is 451 g/mol. The fourth-order valence-electron chi connectivity index (χ4n) is 4.42. The van der Waals surface area contributed by atoms with Gasteiger partial charge < -0.3 is 24.5 Å². The summed E-state index contributed by atoms with van der Waals surface area (Å²) in [7, 11) is 0. The van der Waals surface area contributed by atoms with E-state index in [1.54, 1.807) is 0 Å². The zero-order valence-corrected chi connectivity index (χ0v) is 20.1. The molecule has 5 nitrogen and oxygen atoms in total. The Balaban J connectivity index is 1.45. The van der Waals surface area contributed by atoms with E-state index in [-0.39, 0.29) is 0 Å². The molecule has 2 heterocycles. The summed E-state index contributed by atoms with van der Waals surface area (Å²) in [6.07, 6.45) is 4.40. The van der Waals surface area contributed by atoms with Gasteiger partial charge >= 0.3 is 0 Å². The minimum atomic E-state index is 0.431. The van der Waals surface area contributed by atoms with Crippen molar-refractivity contribution in [2.24, 2.45) is 5.92 Å². The summed E-state index contributed by atoms with van der Waals surface area (Å²) in [6.45, 7) is 8.75. The molecular formula is C28H38N2O3. The molecule has 0 amide bonds. The second kappa shape index (κ2) is 12.2. The average Bonchev–Trinajstić information content (AvgIpc) is 3.29. The maximum Gasteiger partial charge on any atom is 0.0719 e. The van der Waals surface area contributed by atoms with Crippen LogP contribution in [0, 0.1) is 5.92 Å². The zero-order chi connectivity index (χ0) is 22.9. The first-order valence-electron chi connectivity index (χ1n) is 12.5. The number of aromatic amines is 1. The van der Waals surface area contributed by atoms with E-state index in [9.17, 15) is 0 Å². The third-order valence-corrected chi connectivity index (χ3v) is 6.60. The Hall–Kier alpha value is -2.34. The van der Waals surface area contributed by atoms with Gasteiger partial charge in [0, 0.05) is 36.9 Å². The molecular weight excluding hydrogens is 412 g/mol. The molecule has 0 bridgehead atoms. The fraction of sp³-hybridized carbons (Fsp3) is 0.500. The molecule has 1 aliphatic rings. The SMILES string of the molecule is CCC(CC)COCCOCc1cc(NC2CCOCC2)c2[nH]c(-c3ccccc3)cc2c1. The topological polar surface area (TPSA) is 55.5 Å². The number of rotatable bonds is 12. The van der Waals surface area contributed by atoms with Crippen LogP contribution in [-0.2, 0) is 20.8 Å². The lowest BCUT2D eigenvalue weighted by molar-refractivity contribution is 0.0264. The quantitative estimate of drug-likeness (QED) is 0.314. The van der Waals surface area contributed by atoms with Crippen LogP contribution in [0.25, 0.3) is 22.2 Å². The predicted molar refractivity (Wildman–Crippen MR) is 136 cm³/mol. The Morgan fingerprint density at radius 1 is 1.00 bits per heavy atom. The number of anilines is 1. The molecule has 2 aromatic carbocycles. The summed E-state index contributed by atoms with van der Waals surface area (Å²) in [5.41, 5.74) is 5.80. The first kappa shape index (κ1) is 23.8. The Labute approximate surface area is 197 Å². The minimum absolute atomic E-state index is 0.431. The number of aromatic nitrogens is 1. The summed E-state index contributed by atoms with van der Waals surface area (Å²) < 4.78 is 17.3. The van der Waals surface area contributed by atoms with Gasteiger partial charge in [-0.2, -0.15) is 0 Å². The van der Waals surface area contributed by atoms with Gasteiger partial charge in [-0.3, -0.25) is 0 Å². The highest BCUT2D eigenvalue weighted by atomic mass is 16.5. The lowest BCUT2D eigenvalue weighted by atomic mass is 10.1. The molecule has 0 atom stereocenters. The van der Waals surface area contributed by atoms with Gasteiger partial charge in [0.15, 0.2) is 0 Å². The van der Waals surface area contributed by atoms with Crippen molar-refractivity contribution in [2.75, 3.05) is 38.4 Å². The minimum Gasteiger partial charge on any atom is -0.381 e. The van der Waals surface area contributed by atoms with Crippen molar-refractivity contribution in [3.8, 4) is 11.3 Å². The molecule has 2 N–H and O–H groups in total. The Morgan fingerprint density at radius 2 is 1.76 bits per heavy atom. The van der Waals surface area contributed by atoms with Crippen molar-refractivity contribution in [1.29, 1.82) is 0 Å². The first-order chi connectivity index (χ1) is 16.3. The van der Waals surface area contributed by atoms with E-state index in [1.807, 2.05) is 6.07 Å². The van der Waals surface area contributed by atoms with Crippen LogP contribution in [0.5, 0.6) is 0 Å². The van der Waals surface area contributed by atoms with Crippen LogP contribution in [0.15, 0.2) is 48.5 Å². The van der Waals surface area contributed by atoms with Crippen LogP contribution in [0.3, 0.4) is 0 Å². The van der Waals surface area contributed by atoms with Crippen LogP contribution in [-0.4, -0.2) is 44.1 Å². The molecule has 0 radical (unpaired) electrons. The highest BCUT2D eigenvalue weighted by Crippen LogP contribution is 2.31. The van der Waals surface area contributed by atoms with Gasteiger partial charge in [0.05, 0.1) is 31.0 Å².